The Hall–Kier alpha value is -1.83. The Balaban J connectivity index is 1.73. The number of halogens is 1. The van der Waals surface area contributed by atoms with Crippen molar-refractivity contribution in [2.24, 2.45) is 5.73 Å². The van der Waals surface area contributed by atoms with E-state index >= 15 is 0 Å². The summed E-state index contributed by atoms with van der Waals surface area (Å²) >= 11 is 5.06. The molecular formula is C18H19BrN4OS. The first-order valence-corrected chi connectivity index (χ1v) is 9.57. The first-order chi connectivity index (χ1) is 12.0. The smallest absolute Gasteiger partial charge is 0.225 e. The number of nitrogens with one attached hydrogen (secondary N) is 1. The Kier molecular flexibility index (Phi) is 5.46. The summed E-state index contributed by atoms with van der Waals surface area (Å²) in [5, 5.41) is 2.94. The summed E-state index contributed by atoms with van der Waals surface area (Å²) < 4.78 is 1.04. The van der Waals surface area contributed by atoms with Crippen LogP contribution in [0.2, 0.25) is 0 Å². The van der Waals surface area contributed by atoms with Gasteiger partial charge in [-0.15, -0.1) is 11.3 Å². The van der Waals surface area contributed by atoms with Gasteiger partial charge in [0, 0.05) is 29.4 Å². The molecule has 130 valence electrons. The van der Waals surface area contributed by atoms with Gasteiger partial charge in [0.05, 0.1) is 26.2 Å². The molecule has 1 atom stereocenters. The van der Waals surface area contributed by atoms with Gasteiger partial charge in [-0.1, -0.05) is 0 Å². The average Bonchev–Trinajstić information content (AvgIpc) is 3.00. The lowest BCUT2D eigenvalue weighted by Crippen LogP contribution is -2.20. The van der Waals surface area contributed by atoms with Crippen LogP contribution in [0.4, 0.5) is 5.69 Å². The number of anilines is 1. The molecule has 2 aromatic heterocycles. The first kappa shape index (κ1) is 18.0. The predicted octanol–water partition coefficient (Wildman–Crippen LogP) is 4.14. The molecule has 0 aliphatic heterocycles. The molecule has 0 saturated heterocycles. The van der Waals surface area contributed by atoms with Crippen molar-refractivity contribution in [3.05, 3.63) is 50.4 Å². The molecule has 1 amide bonds. The summed E-state index contributed by atoms with van der Waals surface area (Å²) in [5.41, 5.74) is 9.98. The molecule has 0 aliphatic carbocycles. The van der Waals surface area contributed by atoms with Gasteiger partial charge in [0.25, 0.3) is 0 Å². The average molecular weight is 419 g/mol. The molecule has 2 heterocycles. The molecule has 0 saturated carbocycles. The van der Waals surface area contributed by atoms with Crippen LogP contribution >= 0.6 is 27.3 Å². The Morgan fingerprint density at radius 1 is 1.20 bits per heavy atom. The summed E-state index contributed by atoms with van der Waals surface area (Å²) in [6.07, 6.45) is 0.347. The van der Waals surface area contributed by atoms with E-state index in [0.29, 0.717) is 13.0 Å². The van der Waals surface area contributed by atoms with Gasteiger partial charge in [-0.2, -0.15) is 0 Å². The fourth-order valence-corrected chi connectivity index (χ4v) is 4.13. The van der Waals surface area contributed by atoms with E-state index < -0.39 is 0 Å². The number of aryl methyl sites for hydroxylation is 2. The molecule has 3 rings (SSSR count). The molecule has 3 aromatic rings. The van der Waals surface area contributed by atoms with Crippen molar-refractivity contribution in [3.63, 3.8) is 0 Å². The number of fused-ring (bicyclic) bond motifs is 1. The van der Waals surface area contributed by atoms with Crippen molar-refractivity contribution < 1.29 is 4.79 Å². The minimum Gasteiger partial charge on any atom is -0.330 e. The van der Waals surface area contributed by atoms with Crippen LogP contribution in [0.5, 0.6) is 0 Å². The molecule has 3 N–H and O–H groups in total. The van der Waals surface area contributed by atoms with Crippen LogP contribution in [0.3, 0.4) is 0 Å². The molecule has 0 radical (unpaired) electrons. The van der Waals surface area contributed by atoms with Gasteiger partial charge in [0.1, 0.15) is 0 Å². The van der Waals surface area contributed by atoms with Gasteiger partial charge in [-0.3, -0.25) is 4.79 Å². The highest BCUT2D eigenvalue weighted by Crippen LogP contribution is 2.30. The Morgan fingerprint density at radius 2 is 1.92 bits per heavy atom. The first-order valence-electron chi connectivity index (χ1n) is 7.96. The number of hydrogen-bond donors (Lipinski definition) is 2. The number of benzene rings is 1. The fourth-order valence-electron chi connectivity index (χ4n) is 2.59. The molecular weight excluding hydrogens is 400 g/mol. The van der Waals surface area contributed by atoms with Crippen molar-refractivity contribution >= 4 is 49.9 Å². The van der Waals surface area contributed by atoms with E-state index in [2.05, 4.69) is 31.2 Å². The Morgan fingerprint density at radius 3 is 2.56 bits per heavy atom. The molecule has 5 nitrogen and oxygen atoms in total. The highest BCUT2D eigenvalue weighted by molar-refractivity contribution is 9.11. The van der Waals surface area contributed by atoms with E-state index in [0.717, 1.165) is 36.8 Å². The van der Waals surface area contributed by atoms with Crippen molar-refractivity contribution in [2.75, 3.05) is 11.9 Å². The Bertz CT molecular complexity index is 925. The van der Waals surface area contributed by atoms with Crippen LogP contribution in [0.1, 0.15) is 28.6 Å². The molecule has 25 heavy (non-hydrogen) atoms. The molecule has 0 aliphatic rings. The zero-order valence-corrected chi connectivity index (χ0v) is 16.4. The maximum absolute atomic E-state index is 12.4. The molecule has 0 bridgehead atoms. The molecule has 7 heteroatoms. The topological polar surface area (TPSA) is 80.9 Å². The summed E-state index contributed by atoms with van der Waals surface area (Å²) in [6.45, 7) is 4.30. The third kappa shape index (κ3) is 4.23. The number of nitrogens with zero attached hydrogens (tertiary/aromatic N) is 2. The second kappa shape index (κ2) is 7.59. The largest absolute Gasteiger partial charge is 0.330 e. The maximum atomic E-state index is 12.4. The van der Waals surface area contributed by atoms with E-state index in [9.17, 15) is 4.79 Å². The second-order valence-corrected chi connectivity index (χ2v) is 8.42. The van der Waals surface area contributed by atoms with E-state index in [1.54, 1.807) is 11.3 Å². The van der Waals surface area contributed by atoms with E-state index in [1.165, 1.54) is 0 Å². The van der Waals surface area contributed by atoms with Crippen molar-refractivity contribution in [2.45, 2.75) is 26.2 Å². The van der Waals surface area contributed by atoms with Gasteiger partial charge in [-0.05, 0) is 60.1 Å². The summed E-state index contributed by atoms with van der Waals surface area (Å²) in [6, 6.07) is 9.57. The lowest BCUT2D eigenvalue weighted by Gasteiger charge is -2.13. The van der Waals surface area contributed by atoms with Crippen LogP contribution < -0.4 is 11.1 Å². The van der Waals surface area contributed by atoms with Gasteiger partial charge in [0.15, 0.2) is 0 Å². The number of aromatic nitrogens is 2. The normalized spacial score (nSPS) is 12.3. The van der Waals surface area contributed by atoms with Crippen molar-refractivity contribution in [1.29, 1.82) is 0 Å². The maximum Gasteiger partial charge on any atom is 0.225 e. The van der Waals surface area contributed by atoms with Crippen LogP contribution in [-0.2, 0) is 4.79 Å². The number of rotatable bonds is 5. The Labute approximate surface area is 158 Å². The number of carbonyl (C=O) groups excluding carboxylic acids is 1. The molecule has 1 unspecified atom stereocenters. The molecule has 0 spiro atoms. The molecule has 0 fully saturated rings. The minimum absolute atomic E-state index is 0.0152. The zero-order chi connectivity index (χ0) is 18.0. The second-order valence-electron chi connectivity index (χ2n) is 5.92. The summed E-state index contributed by atoms with van der Waals surface area (Å²) in [7, 11) is 0. The minimum atomic E-state index is -0.0592. The van der Waals surface area contributed by atoms with Crippen LogP contribution in [-0.4, -0.2) is 22.4 Å². The highest BCUT2D eigenvalue weighted by atomic mass is 79.9. The SMILES string of the molecule is Cc1nc2ccc(NC(=O)CC(CN)c3ccc(Br)s3)cc2nc1C. The number of hydrogen-bond acceptors (Lipinski definition) is 5. The number of thiophene rings is 1. The van der Waals surface area contributed by atoms with Gasteiger partial charge in [0.2, 0.25) is 5.91 Å². The van der Waals surface area contributed by atoms with Gasteiger partial charge >= 0.3 is 0 Å². The molecule has 1 aromatic carbocycles. The summed E-state index contributed by atoms with van der Waals surface area (Å²) in [5.74, 6) is -0.0439. The quantitative estimate of drug-likeness (QED) is 0.651. The van der Waals surface area contributed by atoms with Crippen LogP contribution in [0, 0.1) is 13.8 Å². The lowest BCUT2D eigenvalue weighted by molar-refractivity contribution is -0.116. The van der Waals surface area contributed by atoms with Crippen molar-refractivity contribution in [3.8, 4) is 0 Å². The predicted molar refractivity (Wildman–Crippen MR) is 106 cm³/mol. The number of amides is 1. The van der Waals surface area contributed by atoms with Crippen LogP contribution in [0.15, 0.2) is 34.1 Å². The third-order valence-corrected chi connectivity index (χ3v) is 5.86. The van der Waals surface area contributed by atoms with Gasteiger partial charge in [-0.25, -0.2) is 9.97 Å². The van der Waals surface area contributed by atoms with Gasteiger partial charge < -0.3 is 11.1 Å². The van der Waals surface area contributed by atoms with Crippen LogP contribution in [0.25, 0.3) is 11.0 Å². The monoisotopic (exact) mass is 418 g/mol. The van der Waals surface area contributed by atoms with E-state index in [1.807, 2.05) is 44.2 Å². The number of nitrogens with two attached hydrogens (primary N) is 1. The highest BCUT2D eigenvalue weighted by Gasteiger charge is 2.17. The zero-order valence-electron chi connectivity index (χ0n) is 14.0. The van der Waals surface area contributed by atoms with E-state index in [-0.39, 0.29) is 11.8 Å². The number of carbonyl (C=O) groups is 1. The van der Waals surface area contributed by atoms with E-state index in [4.69, 9.17) is 5.73 Å². The third-order valence-electron chi connectivity index (χ3n) is 4.07. The van der Waals surface area contributed by atoms with Crippen molar-refractivity contribution in [1.82, 2.24) is 9.97 Å². The fraction of sp³-hybridized carbons (Fsp3) is 0.278. The standard InChI is InChI=1S/C18H19BrN4OS/c1-10-11(2)22-15-8-13(3-4-14(15)21-10)23-18(24)7-12(9-20)16-5-6-17(19)25-16/h3-6,8,12H,7,9,20H2,1-2H3,(H,23,24). The lowest BCUT2D eigenvalue weighted by atomic mass is 10.0. The summed E-state index contributed by atoms with van der Waals surface area (Å²) in [4.78, 5) is 22.6.